The lowest BCUT2D eigenvalue weighted by Gasteiger charge is -2.30. The second-order valence-electron chi connectivity index (χ2n) is 6.34. The van der Waals surface area contributed by atoms with Crippen LogP contribution in [0, 0.1) is 0 Å². The Labute approximate surface area is 153 Å². The van der Waals surface area contributed by atoms with E-state index >= 15 is 0 Å². The van der Waals surface area contributed by atoms with Crippen molar-refractivity contribution in [3.63, 3.8) is 0 Å². The molecule has 2 aromatic rings. The van der Waals surface area contributed by atoms with Gasteiger partial charge in [0.1, 0.15) is 5.75 Å². The van der Waals surface area contributed by atoms with Gasteiger partial charge in [0.15, 0.2) is 11.0 Å². The lowest BCUT2D eigenvalue weighted by Crippen LogP contribution is -2.43. The van der Waals surface area contributed by atoms with Crippen LogP contribution in [0.3, 0.4) is 0 Å². The van der Waals surface area contributed by atoms with Crippen LogP contribution in [0.1, 0.15) is 27.7 Å². The summed E-state index contributed by atoms with van der Waals surface area (Å²) in [5.74, 6) is 1.92. The highest BCUT2D eigenvalue weighted by molar-refractivity contribution is 7.99. The van der Waals surface area contributed by atoms with Crippen LogP contribution < -0.4 is 4.74 Å². The Kier molecular flexibility index (Phi) is 6.47. The molecule has 0 saturated carbocycles. The fourth-order valence-corrected chi connectivity index (χ4v) is 3.66. The zero-order valence-electron chi connectivity index (χ0n) is 15.7. The van der Waals surface area contributed by atoms with Gasteiger partial charge in [-0.2, -0.15) is 0 Å². The van der Waals surface area contributed by atoms with Crippen LogP contribution in [-0.2, 0) is 11.8 Å². The van der Waals surface area contributed by atoms with Gasteiger partial charge in [-0.05, 0) is 39.8 Å². The van der Waals surface area contributed by atoms with E-state index in [1.54, 1.807) is 7.11 Å². The van der Waals surface area contributed by atoms with E-state index in [-0.39, 0.29) is 18.0 Å². The van der Waals surface area contributed by atoms with Gasteiger partial charge in [-0.1, -0.05) is 23.9 Å². The maximum Gasteiger partial charge on any atom is 0.233 e. The summed E-state index contributed by atoms with van der Waals surface area (Å²) in [6.45, 7) is 8.13. The number of benzene rings is 1. The summed E-state index contributed by atoms with van der Waals surface area (Å²) in [4.78, 5) is 14.4. The van der Waals surface area contributed by atoms with Crippen molar-refractivity contribution in [3.05, 3.63) is 24.3 Å². The quantitative estimate of drug-likeness (QED) is 0.708. The third kappa shape index (κ3) is 4.34. The first-order chi connectivity index (χ1) is 11.9. The summed E-state index contributed by atoms with van der Waals surface area (Å²) >= 11 is 1.40. The maximum atomic E-state index is 12.5. The molecule has 0 atom stereocenters. The molecule has 2 rings (SSSR count). The highest BCUT2D eigenvalue weighted by atomic mass is 32.2. The number of ether oxygens (including phenoxy) is 1. The highest BCUT2D eigenvalue weighted by Gasteiger charge is 2.21. The van der Waals surface area contributed by atoms with E-state index in [2.05, 4.69) is 10.2 Å². The monoisotopic (exact) mass is 362 g/mol. The fourth-order valence-electron chi connectivity index (χ4n) is 2.88. The fraction of sp³-hybridized carbons (Fsp3) is 0.500. The van der Waals surface area contributed by atoms with Crippen molar-refractivity contribution in [2.45, 2.75) is 44.9 Å². The minimum Gasteiger partial charge on any atom is -0.496 e. The molecule has 0 saturated heterocycles. The number of carbonyl (C=O) groups excluding carboxylic acids is 1. The third-order valence-corrected chi connectivity index (χ3v) is 4.91. The molecule has 0 aliphatic rings. The number of nitrogens with zero attached hydrogens (tertiary/aromatic N) is 4. The van der Waals surface area contributed by atoms with Gasteiger partial charge in [-0.3, -0.25) is 4.79 Å². The largest absolute Gasteiger partial charge is 0.496 e. The SMILES string of the molecule is COc1ccccc1-c1nnc(SCC(=O)N(C(C)C)C(C)C)n1C. The van der Waals surface area contributed by atoms with E-state index < -0.39 is 0 Å². The van der Waals surface area contributed by atoms with Gasteiger partial charge < -0.3 is 14.2 Å². The molecule has 0 bridgehead atoms. The van der Waals surface area contributed by atoms with E-state index in [0.29, 0.717) is 10.9 Å². The van der Waals surface area contributed by atoms with Crippen molar-refractivity contribution < 1.29 is 9.53 Å². The Morgan fingerprint density at radius 3 is 2.44 bits per heavy atom. The van der Waals surface area contributed by atoms with Crippen LogP contribution in [0.2, 0.25) is 0 Å². The van der Waals surface area contributed by atoms with Crippen LogP contribution in [0.15, 0.2) is 29.4 Å². The van der Waals surface area contributed by atoms with Crippen molar-refractivity contribution in [3.8, 4) is 17.1 Å². The van der Waals surface area contributed by atoms with Gasteiger partial charge in [0.05, 0.1) is 18.4 Å². The number of hydrogen-bond acceptors (Lipinski definition) is 5. The number of carbonyl (C=O) groups is 1. The lowest BCUT2D eigenvalue weighted by molar-refractivity contribution is -0.131. The molecule has 0 spiro atoms. The van der Waals surface area contributed by atoms with Crippen LogP contribution in [-0.4, -0.2) is 50.5 Å². The molecular formula is C18H26N4O2S. The summed E-state index contributed by atoms with van der Waals surface area (Å²) in [6, 6.07) is 8.05. The molecule has 1 aromatic carbocycles. The summed E-state index contributed by atoms with van der Waals surface area (Å²) in [5.41, 5.74) is 0.879. The minimum atomic E-state index is 0.108. The maximum absolute atomic E-state index is 12.5. The van der Waals surface area contributed by atoms with Gasteiger partial charge in [0.2, 0.25) is 5.91 Å². The molecule has 0 N–H and O–H groups in total. The van der Waals surface area contributed by atoms with Gasteiger partial charge in [-0.15, -0.1) is 10.2 Å². The smallest absolute Gasteiger partial charge is 0.233 e. The topological polar surface area (TPSA) is 60.3 Å². The second-order valence-corrected chi connectivity index (χ2v) is 7.29. The molecule has 0 unspecified atom stereocenters. The Morgan fingerprint density at radius 2 is 1.84 bits per heavy atom. The number of methoxy groups -OCH3 is 1. The highest BCUT2D eigenvalue weighted by Crippen LogP contribution is 2.30. The number of rotatable bonds is 7. The van der Waals surface area contributed by atoms with Crippen molar-refractivity contribution >= 4 is 17.7 Å². The molecule has 136 valence electrons. The molecule has 0 radical (unpaired) electrons. The van der Waals surface area contributed by atoms with Gasteiger partial charge in [-0.25, -0.2) is 0 Å². The molecule has 1 heterocycles. The number of thioether (sulfide) groups is 1. The zero-order valence-corrected chi connectivity index (χ0v) is 16.5. The Hall–Kier alpha value is -2.02. The number of para-hydroxylation sites is 1. The summed E-state index contributed by atoms with van der Waals surface area (Å²) in [6.07, 6.45) is 0. The van der Waals surface area contributed by atoms with Crippen LogP contribution in [0.4, 0.5) is 0 Å². The van der Waals surface area contributed by atoms with E-state index in [9.17, 15) is 4.79 Å². The first-order valence-corrected chi connectivity index (χ1v) is 9.32. The average molecular weight is 362 g/mol. The summed E-state index contributed by atoms with van der Waals surface area (Å²) in [5, 5.41) is 9.22. The van der Waals surface area contributed by atoms with E-state index in [1.807, 2.05) is 68.5 Å². The van der Waals surface area contributed by atoms with Crippen LogP contribution >= 0.6 is 11.8 Å². The molecule has 25 heavy (non-hydrogen) atoms. The van der Waals surface area contributed by atoms with Gasteiger partial charge >= 0.3 is 0 Å². The number of aromatic nitrogens is 3. The normalized spacial score (nSPS) is 11.2. The number of amides is 1. The average Bonchev–Trinajstić information content (AvgIpc) is 2.92. The Morgan fingerprint density at radius 1 is 1.20 bits per heavy atom. The van der Waals surface area contributed by atoms with Gasteiger partial charge in [0, 0.05) is 19.1 Å². The first-order valence-electron chi connectivity index (χ1n) is 8.33. The van der Waals surface area contributed by atoms with Crippen molar-refractivity contribution in [1.29, 1.82) is 0 Å². The molecule has 1 aromatic heterocycles. The molecule has 0 aliphatic heterocycles. The summed E-state index contributed by atoms with van der Waals surface area (Å²) < 4.78 is 7.29. The van der Waals surface area contributed by atoms with E-state index in [4.69, 9.17) is 4.74 Å². The lowest BCUT2D eigenvalue weighted by atomic mass is 10.2. The summed E-state index contributed by atoms with van der Waals surface area (Å²) in [7, 11) is 3.53. The molecule has 6 nitrogen and oxygen atoms in total. The Balaban J connectivity index is 2.15. The second kappa shape index (κ2) is 8.38. The van der Waals surface area contributed by atoms with Crippen LogP contribution in [0.5, 0.6) is 5.75 Å². The molecular weight excluding hydrogens is 336 g/mol. The third-order valence-electron chi connectivity index (χ3n) is 3.91. The predicted molar refractivity (Wildman–Crippen MR) is 101 cm³/mol. The first kappa shape index (κ1) is 19.3. The van der Waals surface area contributed by atoms with E-state index in [0.717, 1.165) is 17.1 Å². The van der Waals surface area contributed by atoms with Crippen LogP contribution in [0.25, 0.3) is 11.4 Å². The van der Waals surface area contributed by atoms with Crippen molar-refractivity contribution in [2.24, 2.45) is 7.05 Å². The van der Waals surface area contributed by atoms with Crippen molar-refractivity contribution in [1.82, 2.24) is 19.7 Å². The number of hydrogen-bond donors (Lipinski definition) is 0. The van der Waals surface area contributed by atoms with Gasteiger partial charge in [0.25, 0.3) is 0 Å². The molecule has 0 aliphatic carbocycles. The minimum absolute atomic E-state index is 0.108. The molecule has 7 heteroatoms. The van der Waals surface area contributed by atoms with Crippen molar-refractivity contribution in [2.75, 3.05) is 12.9 Å². The Bertz CT molecular complexity index is 720. The predicted octanol–water partition coefficient (Wildman–Crippen LogP) is 3.23. The zero-order chi connectivity index (χ0) is 18.6. The molecule has 0 fully saturated rings. The standard InChI is InChI=1S/C18H26N4O2S/c1-12(2)22(13(3)4)16(23)11-25-18-20-19-17(21(18)5)14-9-7-8-10-15(14)24-6/h7-10,12-13H,11H2,1-6H3. The van der Waals surface area contributed by atoms with E-state index in [1.165, 1.54) is 11.8 Å². The molecule has 1 amide bonds.